The smallest absolute Gasteiger partial charge is 0.319 e. The molecule has 0 radical (unpaired) electrons. The van der Waals surface area contributed by atoms with Crippen LogP contribution < -0.4 is 5.56 Å². The second-order valence-corrected chi connectivity index (χ2v) is 9.30. The van der Waals surface area contributed by atoms with Crippen molar-refractivity contribution in [2.45, 2.75) is 50.6 Å². The molecule has 1 aromatic carbocycles. The third kappa shape index (κ3) is 3.19. The van der Waals surface area contributed by atoms with Crippen LogP contribution in [0.1, 0.15) is 29.3 Å². The molecular formula is C20H20N2O3S2. The number of thioether (sulfide) groups is 1. The van der Waals surface area contributed by atoms with Gasteiger partial charge in [-0.05, 0) is 51.0 Å². The molecule has 1 saturated heterocycles. The van der Waals surface area contributed by atoms with E-state index in [0.29, 0.717) is 17.0 Å². The molecule has 1 aliphatic heterocycles. The Bertz CT molecular complexity index is 1120. The summed E-state index contributed by atoms with van der Waals surface area (Å²) in [5.74, 6) is -0.240. The topological polar surface area (TPSA) is 61.2 Å². The van der Waals surface area contributed by atoms with Crippen LogP contribution in [0.15, 0.2) is 34.2 Å². The van der Waals surface area contributed by atoms with Gasteiger partial charge in [-0.2, -0.15) is 0 Å². The predicted molar refractivity (Wildman–Crippen MR) is 109 cm³/mol. The highest BCUT2D eigenvalue weighted by molar-refractivity contribution is 8.00. The normalized spacial score (nSPS) is 19.6. The van der Waals surface area contributed by atoms with Gasteiger partial charge < -0.3 is 4.74 Å². The number of aryl methyl sites for hydroxylation is 3. The maximum atomic E-state index is 13.4. The van der Waals surface area contributed by atoms with Crippen LogP contribution >= 0.6 is 23.1 Å². The number of rotatable bonds is 3. The van der Waals surface area contributed by atoms with Gasteiger partial charge in [0.1, 0.15) is 16.2 Å². The first kappa shape index (κ1) is 18.3. The van der Waals surface area contributed by atoms with Gasteiger partial charge in [0, 0.05) is 11.3 Å². The Morgan fingerprint density at radius 3 is 2.70 bits per heavy atom. The minimum atomic E-state index is -0.345. The van der Waals surface area contributed by atoms with E-state index in [0.717, 1.165) is 26.5 Å². The van der Waals surface area contributed by atoms with Crippen molar-refractivity contribution in [3.63, 3.8) is 0 Å². The second-order valence-electron chi connectivity index (χ2n) is 6.93. The molecule has 0 bridgehead atoms. The standard InChI is InChI=1S/C20H20N2O3S2/c1-10-6-5-7-14(8-10)22-18(23)16-12(3)13(4)26-17(16)21-20(22)27-15-9-11(2)25-19(15)24/h5-8,11,15H,9H2,1-4H3/t11-,15-/m1/s1. The zero-order valence-electron chi connectivity index (χ0n) is 15.6. The molecule has 3 heterocycles. The number of hydrogen-bond donors (Lipinski definition) is 0. The first-order valence-corrected chi connectivity index (χ1v) is 10.5. The molecule has 0 unspecified atom stereocenters. The lowest BCUT2D eigenvalue weighted by Crippen LogP contribution is -2.23. The zero-order chi connectivity index (χ0) is 19.3. The number of esters is 1. The molecular weight excluding hydrogens is 380 g/mol. The molecule has 0 saturated carbocycles. The number of nitrogens with zero attached hydrogens (tertiary/aromatic N) is 2. The summed E-state index contributed by atoms with van der Waals surface area (Å²) in [5.41, 5.74) is 2.70. The van der Waals surface area contributed by atoms with E-state index < -0.39 is 0 Å². The Labute approximate surface area is 165 Å². The first-order valence-electron chi connectivity index (χ1n) is 8.82. The molecule has 0 aliphatic carbocycles. The Balaban J connectivity index is 1.94. The number of hydrogen-bond acceptors (Lipinski definition) is 6. The molecule has 3 aromatic rings. The summed E-state index contributed by atoms with van der Waals surface area (Å²) in [6.45, 7) is 7.83. The van der Waals surface area contributed by atoms with Crippen LogP contribution in [0.4, 0.5) is 0 Å². The summed E-state index contributed by atoms with van der Waals surface area (Å²) in [4.78, 5) is 32.1. The number of cyclic esters (lactones) is 1. The van der Waals surface area contributed by atoms with E-state index in [2.05, 4.69) is 0 Å². The Morgan fingerprint density at radius 2 is 2.04 bits per heavy atom. The number of thiophene rings is 1. The van der Waals surface area contributed by atoms with E-state index in [1.807, 2.05) is 52.0 Å². The molecule has 5 nitrogen and oxygen atoms in total. The van der Waals surface area contributed by atoms with Gasteiger partial charge in [0.25, 0.3) is 5.56 Å². The molecule has 4 rings (SSSR count). The summed E-state index contributed by atoms with van der Waals surface area (Å²) in [7, 11) is 0. The number of ether oxygens (including phenoxy) is 1. The summed E-state index contributed by atoms with van der Waals surface area (Å²) in [6.07, 6.45) is 0.511. The average Bonchev–Trinajstić information content (AvgIpc) is 3.06. The van der Waals surface area contributed by atoms with E-state index in [1.165, 1.54) is 23.1 Å². The van der Waals surface area contributed by atoms with Crippen LogP contribution in [0.5, 0.6) is 0 Å². The fourth-order valence-corrected chi connectivity index (χ4v) is 5.58. The van der Waals surface area contributed by atoms with Crippen LogP contribution in [-0.4, -0.2) is 26.9 Å². The number of fused-ring (bicyclic) bond motifs is 1. The molecule has 1 fully saturated rings. The molecule has 140 valence electrons. The number of aromatic nitrogens is 2. The largest absolute Gasteiger partial charge is 0.462 e. The van der Waals surface area contributed by atoms with Gasteiger partial charge in [0.2, 0.25) is 0 Å². The van der Waals surface area contributed by atoms with Crippen molar-refractivity contribution in [1.82, 2.24) is 9.55 Å². The Hall–Kier alpha value is -2.12. The SMILES string of the molecule is Cc1cccc(-n2c(S[C@@H]3C[C@@H](C)OC3=O)nc3sc(C)c(C)c3c2=O)c1. The van der Waals surface area contributed by atoms with Gasteiger partial charge in [-0.1, -0.05) is 23.9 Å². The van der Waals surface area contributed by atoms with Crippen molar-refractivity contribution in [1.29, 1.82) is 0 Å². The van der Waals surface area contributed by atoms with Crippen LogP contribution in [0.25, 0.3) is 15.9 Å². The van der Waals surface area contributed by atoms with E-state index >= 15 is 0 Å². The highest BCUT2D eigenvalue weighted by Gasteiger charge is 2.34. The maximum absolute atomic E-state index is 13.4. The monoisotopic (exact) mass is 400 g/mol. The first-order chi connectivity index (χ1) is 12.8. The maximum Gasteiger partial charge on any atom is 0.319 e. The fourth-order valence-electron chi connectivity index (χ4n) is 3.29. The van der Waals surface area contributed by atoms with Crippen molar-refractivity contribution >= 4 is 39.3 Å². The van der Waals surface area contributed by atoms with Crippen LogP contribution in [0.2, 0.25) is 0 Å². The summed E-state index contributed by atoms with van der Waals surface area (Å²) < 4.78 is 6.91. The van der Waals surface area contributed by atoms with Gasteiger partial charge >= 0.3 is 5.97 Å². The van der Waals surface area contributed by atoms with Crippen molar-refractivity contribution in [3.05, 3.63) is 50.6 Å². The van der Waals surface area contributed by atoms with Gasteiger partial charge in [-0.3, -0.25) is 14.2 Å². The molecule has 2 aromatic heterocycles. The Morgan fingerprint density at radius 1 is 1.26 bits per heavy atom. The molecule has 2 atom stereocenters. The Kier molecular flexibility index (Phi) is 4.60. The zero-order valence-corrected chi connectivity index (χ0v) is 17.2. The predicted octanol–water partition coefficient (Wildman–Crippen LogP) is 4.17. The number of carbonyl (C=O) groups is 1. The van der Waals surface area contributed by atoms with Gasteiger partial charge in [0.15, 0.2) is 5.16 Å². The lowest BCUT2D eigenvalue weighted by atomic mass is 10.2. The summed E-state index contributed by atoms with van der Waals surface area (Å²) >= 11 is 2.84. The molecule has 7 heteroatoms. The minimum absolute atomic E-state index is 0.0886. The number of carbonyl (C=O) groups excluding carboxylic acids is 1. The van der Waals surface area contributed by atoms with E-state index in [4.69, 9.17) is 9.72 Å². The van der Waals surface area contributed by atoms with Gasteiger partial charge in [-0.15, -0.1) is 11.3 Å². The molecule has 0 amide bonds. The van der Waals surface area contributed by atoms with Crippen molar-refractivity contribution in [2.75, 3.05) is 0 Å². The lowest BCUT2D eigenvalue weighted by molar-refractivity contribution is -0.140. The lowest BCUT2D eigenvalue weighted by Gasteiger charge is -2.14. The second kappa shape index (κ2) is 6.80. The van der Waals surface area contributed by atoms with E-state index in [1.54, 1.807) is 4.57 Å². The summed E-state index contributed by atoms with van der Waals surface area (Å²) in [6, 6.07) is 7.77. The van der Waals surface area contributed by atoms with Crippen LogP contribution in [0.3, 0.4) is 0 Å². The van der Waals surface area contributed by atoms with Crippen LogP contribution in [-0.2, 0) is 9.53 Å². The fraction of sp³-hybridized carbons (Fsp3) is 0.350. The van der Waals surface area contributed by atoms with E-state index in [-0.39, 0.29) is 22.9 Å². The van der Waals surface area contributed by atoms with Crippen molar-refractivity contribution in [2.24, 2.45) is 0 Å². The molecule has 1 aliphatic rings. The van der Waals surface area contributed by atoms with Gasteiger partial charge in [0.05, 0.1) is 11.1 Å². The average molecular weight is 401 g/mol. The third-order valence-corrected chi connectivity index (χ3v) is 7.06. The highest BCUT2D eigenvalue weighted by atomic mass is 32.2. The number of benzene rings is 1. The van der Waals surface area contributed by atoms with Crippen molar-refractivity contribution < 1.29 is 9.53 Å². The molecule has 27 heavy (non-hydrogen) atoms. The summed E-state index contributed by atoms with van der Waals surface area (Å²) in [5, 5.41) is 0.851. The highest BCUT2D eigenvalue weighted by Crippen LogP contribution is 2.34. The molecule has 0 spiro atoms. The quantitative estimate of drug-likeness (QED) is 0.488. The van der Waals surface area contributed by atoms with Crippen LogP contribution in [0, 0.1) is 20.8 Å². The van der Waals surface area contributed by atoms with E-state index in [9.17, 15) is 9.59 Å². The third-order valence-electron chi connectivity index (χ3n) is 4.81. The van der Waals surface area contributed by atoms with Gasteiger partial charge in [-0.25, -0.2) is 4.98 Å². The minimum Gasteiger partial charge on any atom is -0.462 e. The van der Waals surface area contributed by atoms with Crippen molar-refractivity contribution in [3.8, 4) is 5.69 Å². The molecule has 0 N–H and O–H groups in total.